The SMILES string of the molecule is COc1ccc(N2C(=O)/C(=C/c3cc(C)n(-c4ccccc4Br)c3C)C(=O)NC2=S)c(OC)c1. The summed E-state index contributed by atoms with van der Waals surface area (Å²) in [5.41, 5.74) is 3.94. The summed E-state index contributed by atoms with van der Waals surface area (Å²) in [5, 5.41) is 2.60. The van der Waals surface area contributed by atoms with Crippen molar-refractivity contribution in [2.75, 3.05) is 19.1 Å². The minimum absolute atomic E-state index is 0.0192. The zero-order valence-electron chi connectivity index (χ0n) is 19.0. The molecule has 3 aromatic rings. The number of rotatable bonds is 5. The lowest BCUT2D eigenvalue weighted by atomic mass is 10.1. The molecule has 0 bridgehead atoms. The number of nitrogens with zero attached hydrogens (tertiary/aromatic N) is 2. The maximum atomic E-state index is 13.5. The van der Waals surface area contributed by atoms with E-state index in [-0.39, 0.29) is 10.7 Å². The first kappa shape index (κ1) is 23.7. The van der Waals surface area contributed by atoms with Crippen molar-refractivity contribution in [1.82, 2.24) is 9.88 Å². The summed E-state index contributed by atoms with van der Waals surface area (Å²) < 4.78 is 13.7. The zero-order chi connectivity index (χ0) is 24.6. The Labute approximate surface area is 211 Å². The topological polar surface area (TPSA) is 72.8 Å². The molecule has 0 saturated carbocycles. The number of para-hydroxylation sites is 1. The Morgan fingerprint density at radius 2 is 1.74 bits per heavy atom. The maximum Gasteiger partial charge on any atom is 0.270 e. The third-order valence-electron chi connectivity index (χ3n) is 5.59. The normalized spacial score (nSPS) is 15.0. The Morgan fingerprint density at radius 1 is 1.00 bits per heavy atom. The van der Waals surface area contributed by atoms with Gasteiger partial charge in [0.2, 0.25) is 0 Å². The van der Waals surface area contributed by atoms with E-state index in [0.717, 1.165) is 27.1 Å². The van der Waals surface area contributed by atoms with Gasteiger partial charge < -0.3 is 14.0 Å². The number of thiocarbonyl (C=S) groups is 1. The summed E-state index contributed by atoms with van der Waals surface area (Å²) in [6, 6.07) is 14.8. The van der Waals surface area contributed by atoms with E-state index in [1.165, 1.54) is 19.1 Å². The first-order valence-electron chi connectivity index (χ1n) is 10.3. The minimum Gasteiger partial charge on any atom is -0.497 e. The number of methoxy groups -OCH3 is 2. The van der Waals surface area contributed by atoms with Gasteiger partial charge in [-0.25, -0.2) is 4.90 Å². The van der Waals surface area contributed by atoms with Crippen LogP contribution < -0.4 is 19.7 Å². The van der Waals surface area contributed by atoms with Gasteiger partial charge in [0.25, 0.3) is 11.8 Å². The van der Waals surface area contributed by atoms with E-state index in [9.17, 15) is 9.59 Å². The van der Waals surface area contributed by atoms with Gasteiger partial charge in [-0.3, -0.25) is 14.9 Å². The molecule has 9 heteroatoms. The van der Waals surface area contributed by atoms with Gasteiger partial charge in [-0.05, 0) is 84.0 Å². The molecule has 174 valence electrons. The molecule has 1 aliphatic rings. The number of aryl methyl sites for hydroxylation is 1. The molecule has 1 saturated heterocycles. The van der Waals surface area contributed by atoms with Crippen molar-refractivity contribution in [2.24, 2.45) is 0 Å². The summed E-state index contributed by atoms with van der Waals surface area (Å²) in [6.07, 6.45) is 1.60. The van der Waals surface area contributed by atoms with Crippen LogP contribution in [0.4, 0.5) is 5.69 Å². The van der Waals surface area contributed by atoms with Crippen LogP contribution in [0.2, 0.25) is 0 Å². The third kappa shape index (κ3) is 4.12. The van der Waals surface area contributed by atoms with Gasteiger partial charge in [0, 0.05) is 21.9 Å². The summed E-state index contributed by atoms with van der Waals surface area (Å²) in [6.45, 7) is 3.92. The van der Waals surface area contributed by atoms with Gasteiger partial charge in [-0.2, -0.15) is 0 Å². The van der Waals surface area contributed by atoms with Crippen LogP contribution in [0.3, 0.4) is 0 Å². The number of hydrogen-bond acceptors (Lipinski definition) is 5. The van der Waals surface area contributed by atoms with Crippen LogP contribution in [0.25, 0.3) is 11.8 Å². The Hall–Kier alpha value is -3.43. The molecular formula is C25H22BrN3O4S. The molecule has 1 aromatic heterocycles. The molecular weight excluding hydrogens is 518 g/mol. The summed E-state index contributed by atoms with van der Waals surface area (Å²) in [4.78, 5) is 27.6. The second-order valence-electron chi connectivity index (χ2n) is 7.61. The fourth-order valence-corrected chi connectivity index (χ4v) is 4.67. The Morgan fingerprint density at radius 3 is 2.41 bits per heavy atom. The average molecular weight is 540 g/mol. The molecule has 2 aromatic carbocycles. The molecule has 1 fully saturated rings. The lowest BCUT2D eigenvalue weighted by Crippen LogP contribution is -2.54. The van der Waals surface area contributed by atoms with Crippen LogP contribution in [0.5, 0.6) is 11.5 Å². The van der Waals surface area contributed by atoms with Crippen molar-refractivity contribution < 1.29 is 19.1 Å². The second kappa shape index (κ2) is 9.44. The number of hydrogen-bond donors (Lipinski definition) is 1. The number of carbonyl (C=O) groups is 2. The highest BCUT2D eigenvalue weighted by Gasteiger charge is 2.36. The number of aromatic nitrogens is 1. The first-order valence-corrected chi connectivity index (χ1v) is 11.5. The van der Waals surface area contributed by atoms with Gasteiger partial charge in [0.05, 0.1) is 25.6 Å². The van der Waals surface area contributed by atoms with E-state index in [0.29, 0.717) is 17.2 Å². The van der Waals surface area contributed by atoms with E-state index in [4.69, 9.17) is 21.7 Å². The number of carbonyl (C=O) groups excluding carboxylic acids is 2. The van der Waals surface area contributed by atoms with Gasteiger partial charge in [-0.1, -0.05) is 12.1 Å². The van der Waals surface area contributed by atoms with Crippen molar-refractivity contribution in [3.05, 3.63) is 75.5 Å². The highest BCUT2D eigenvalue weighted by Crippen LogP contribution is 2.35. The predicted molar refractivity (Wildman–Crippen MR) is 139 cm³/mol. The predicted octanol–water partition coefficient (Wildman–Crippen LogP) is 4.71. The monoisotopic (exact) mass is 539 g/mol. The maximum absolute atomic E-state index is 13.5. The van der Waals surface area contributed by atoms with Gasteiger partial charge in [-0.15, -0.1) is 0 Å². The number of halogens is 1. The van der Waals surface area contributed by atoms with Gasteiger partial charge >= 0.3 is 0 Å². The molecule has 2 amide bonds. The van der Waals surface area contributed by atoms with Gasteiger partial charge in [0.1, 0.15) is 17.1 Å². The molecule has 4 rings (SSSR count). The molecule has 2 heterocycles. The largest absolute Gasteiger partial charge is 0.497 e. The number of benzene rings is 2. The van der Waals surface area contributed by atoms with Crippen molar-refractivity contribution in [2.45, 2.75) is 13.8 Å². The third-order valence-corrected chi connectivity index (χ3v) is 6.55. The van der Waals surface area contributed by atoms with E-state index in [1.54, 1.807) is 24.3 Å². The summed E-state index contributed by atoms with van der Waals surface area (Å²) in [5.74, 6) is -0.139. The van der Waals surface area contributed by atoms with Crippen molar-refractivity contribution in [1.29, 1.82) is 0 Å². The van der Waals surface area contributed by atoms with Crippen LogP contribution in [0, 0.1) is 13.8 Å². The lowest BCUT2D eigenvalue weighted by molar-refractivity contribution is -0.122. The van der Waals surface area contributed by atoms with E-state index in [1.807, 2.05) is 44.2 Å². The van der Waals surface area contributed by atoms with E-state index < -0.39 is 11.8 Å². The first-order chi connectivity index (χ1) is 16.3. The average Bonchev–Trinajstić information content (AvgIpc) is 3.09. The fourth-order valence-electron chi connectivity index (χ4n) is 3.94. The van der Waals surface area contributed by atoms with Crippen LogP contribution in [0.15, 0.2) is 58.6 Å². The fraction of sp³-hybridized carbons (Fsp3) is 0.160. The molecule has 7 nitrogen and oxygen atoms in total. The van der Waals surface area contributed by atoms with Crippen molar-refractivity contribution >= 4 is 56.8 Å². The summed E-state index contributed by atoms with van der Waals surface area (Å²) in [7, 11) is 3.03. The van der Waals surface area contributed by atoms with E-state index in [2.05, 4.69) is 25.8 Å². The number of ether oxygens (including phenoxy) is 2. The highest BCUT2D eigenvalue weighted by atomic mass is 79.9. The van der Waals surface area contributed by atoms with Gasteiger partial charge in [0.15, 0.2) is 5.11 Å². The Bertz CT molecular complexity index is 1360. The lowest BCUT2D eigenvalue weighted by Gasteiger charge is -2.30. The Kier molecular flexibility index (Phi) is 6.58. The summed E-state index contributed by atoms with van der Waals surface area (Å²) >= 11 is 8.92. The molecule has 0 atom stereocenters. The smallest absolute Gasteiger partial charge is 0.270 e. The molecule has 34 heavy (non-hydrogen) atoms. The molecule has 0 unspecified atom stereocenters. The number of anilines is 1. The number of nitrogens with one attached hydrogen (secondary N) is 1. The zero-order valence-corrected chi connectivity index (χ0v) is 21.4. The van der Waals surface area contributed by atoms with E-state index >= 15 is 0 Å². The minimum atomic E-state index is -0.551. The molecule has 0 spiro atoms. The van der Waals surface area contributed by atoms with Crippen LogP contribution >= 0.6 is 28.1 Å². The van der Waals surface area contributed by atoms with Crippen LogP contribution in [-0.4, -0.2) is 35.7 Å². The molecule has 0 aliphatic carbocycles. The quantitative estimate of drug-likeness (QED) is 0.289. The second-order valence-corrected chi connectivity index (χ2v) is 8.85. The number of amides is 2. The van der Waals surface area contributed by atoms with Crippen molar-refractivity contribution in [3.8, 4) is 17.2 Å². The molecule has 0 radical (unpaired) electrons. The Balaban J connectivity index is 1.79. The highest BCUT2D eigenvalue weighted by molar-refractivity contribution is 9.10. The standard InChI is InChI=1S/C25H22BrN3O4S/c1-14-11-16(15(2)28(14)20-8-6-5-7-19(20)26)12-18-23(30)27-25(34)29(24(18)31)21-10-9-17(32-3)13-22(21)33-4/h5-13H,1-4H3,(H,27,30,34)/b18-12+. The van der Waals surface area contributed by atoms with Crippen LogP contribution in [0.1, 0.15) is 17.0 Å². The molecule has 1 N–H and O–H groups in total. The molecule has 1 aliphatic heterocycles. The van der Waals surface area contributed by atoms with Crippen molar-refractivity contribution in [3.63, 3.8) is 0 Å². The van der Waals surface area contributed by atoms with Crippen LogP contribution in [-0.2, 0) is 9.59 Å².